The lowest BCUT2D eigenvalue weighted by Crippen LogP contribution is -2.03. The zero-order valence-corrected chi connectivity index (χ0v) is 47.2. The normalized spacial score (nSPS) is 15.4. The molecule has 4 atom stereocenters. The maximum absolute atomic E-state index is 2.52. The maximum atomic E-state index is 2.52. The highest BCUT2D eigenvalue weighted by Crippen LogP contribution is 2.42. The summed E-state index contributed by atoms with van der Waals surface area (Å²) in [5.41, 5.74) is 15.3. The van der Waals surface area contributed by atoms with Crippen LogP contribution in [0.4, 0.5) is 0 Å². The van der Waals surface area contributed by atoms with Crippen molar-refractivity contribution in [2.24, 2.45) is 23.7 Å². The van der Waals surface area contributed by atoms with Crippen LogP contribution in [0, 0.1) is 23.7 Å². The summed E-state index contributed by atoms with van der Waals surface area (Å²) >= 11 is 0. The lowest BCUT2D eigenvalue weighted by Gasteiger charge is -2.20. The Morgan fingerprint density at radius 3 is 1.38 bits per heavy atom. The molecule has 5 rings (SSSR count). The minimum absolute atomic E-state index is 0.317. The highest BCUT2D eigenvalue weighted by molar-refractivity contribution is 6.17. The van der Waals surface area contributed by atoms with E-state index in [9.17, 15) is 0 Å². The fourth-order valence-corrected chi connectivity index (χ4v) is 8.43. The summed E-state index contributed by atoms with van der Waals surface area (Å²) in [5.74, 6) is 1.62. The van der Waals surface area contributed by atoms with Crippen LogP contribution in [0.15, 0.2) is 204 Å². The summed E-state index contributed by atoms with van der Waals surface area (Å²) in [4.78, 5) is 0. The van der Waals surface area contributed by atoms with Gasteiger partial charge in [-0.2, -0.15) is 0 Å². The Hall–Kier alpha value is -5.98. The van der Waals surface area contributed by atoms with E-state index in [1.807, 2.05) is 27.7 Å². The molecule has 0 aliphatic carbocycles. The molecule has 0 bridgehead atoms. The van der Waals surface area contributed by atoms with Crippen LogP contribution in [0.2, 0.25) is 0 Å². The van der Waals surface area contributed by atoms with Crippen molar-refractivity contribution in [3.8, 4) is 0 Å². The van der Waals surface area contributed by atoms with Gasteiger partial charge in [0, 0.05) is 0 Å². The SMILES string of the molecule is CC.CC.CCCC(C)/C=C\C(=C/C(C)C(C)/C=C\C(=C/C(C)CC)c1c2ccccc2c(C(/C=C(/C)CC)=C/C=C(C)/C(C)=C/C(=C\C=C(/C)CC)c2ccccc2)c2ccccc12)c1ccccc1. The summed E-state index contributed by atoms with van der Waals surface area (Å²) in [5, 5.41) is 5.12. The van der Waals surface area contributed by atoms with E-state index in [0.29, 0.717) is 23.7 Å². The summed E-state index contributed by atoms with van der Waals surface area (Å²) in [6.07, 6.45) is 34.1. The summed E-state index contributed by atoms with van der Waals surface area (Å²) in [6.45, 7) is 35.4. The van der Waals surface area contributed by atoms with E-state index in [1.165, 1.54) is 101 Å². The molecule has 5 aromatic rings. The Balaban J connectivity index is 0.00000324. The molecule has 0 radical (unpaired) electrons. The number of hydrogen-bond acceptors (Lipinski definition) is 0. The zero-order valence-electron chi connectivity index (χ0n) is 47.2. The first-order valence-electron chi connectivity index (χ1n) is 27.4. The molecule has 0 aromatic heterocycles. The second kappa shape index (κ2) is 32.1. The molecule has 71 heavy (non-hydrogen) atoms. The van der Waals surface area contributed by atoms with Crippen molar-refractivity contribution >= 4 is 43.8 Å². The van der Waals surface area contributed by atoms with Crippen LogP contribution in [0.25, 0.3) is 43.8 Å². The van der Waals surface area contributed by atoms with Gasteiger partial charge in [-0.3, -0.25) is 0 Å². The smallest absolute Gasteiger partial charge is 0.00264 e. The number of hydrogen-bond donors (Lipinski definition) is 0. The topological polar surface area (TPSA) is 0 Å². The van der Waals surface area contributed by atoms with Gasteiger partial charge >= 0.3 is 0 Å². The van der Waals surface area contributed by atoms with Gasteiger partial charge < -0.3 is 0 Å². The third-order valence-electron chi connectivity index (χ3n) is 13.6. The third kappa shape index (κ3) is 18.0. The highest BCUT2D eigenvalue weighted by atomic mass is 14.2. The van der Waals surface area contributed by atoms with Crippen LogP contribution in [-0.4, -0.2) is 0 Å². The molecule has 0 saturated carbocycles. The number of rotatable bonds is 21. The number of allylic oxidation sites excluding steroid dienone is 20. The second-order valence-corrected chi connectivity index (χ2v) is 19.0. The Kier molecular flexibility index (Phi) is 26.8. The van der Waals surface area contributed by atoms with Gasteiger partial charge in [-0.25, -0.2) is 0 Å². The van der Waals surface area contributed by atoms with Gasteiger partial charge in [0.15, 0.2) is 0 Å². The minimum Gasteiger partial charge on any atom is -0.0811 e. The first-order chi connectivity index (χ1) is 34.4. The van der Waals surface area contributed by atoms with Crippen LogP contribution in [-0.2, 0) is 0 Å². The minimum atomic E-state index is 0.317. The number of fused-ring (bicyclic) bond motifs is 2. The molecule has 0 heterocycles. The summed E-state index contributed by atoms with van der Waals surface area (Å²) in [7, 11) is 0. The van der Waals surface area contributed by atoms with Crippen LogP contribution in [0.5, 0.6) is 0 Å². The van der Waals surface area contributed by atoms with Gasteiger partial charge in [0.2, 0.25) is 0 Å². The fraction of sp³-hybridized carbons (Fsp3) is 0.352. The van der Waals surface area contributed by atoms with E-state index < -0.39 is 0 Å². The van der Waals surface area contributed by atoms with Crippen molar-refractivity contribution in [1.82, 2.24) is 0 Å². The van der Waals surface area contributed by atoms with Gasteiger partial charge in [0.1, 0.15) is 0 Å². The molecule has 0 aliphatic heterocycles. The van der Waals surface area contributed by atoms with E-state index in [2.05, 4.69) is 265 Å². The lowest BCUT2D eigenvalue weighted by atomic mass is 9.83. The molecule has 0 N–H and O–H groups in total. The van der Waals surface area contributed by atoms with Gasteiger partial charge in [-0.15, -0.1) is 0 Å². The Bertz CT molecular complexity index is 2650. The zero-order chi connectivity index (χ0) is 52.3. The van der Waals surface area contributed by atoms with Crippen LogP contribution in [0.1, 0.15) is 165 Å². The molecule has 0 fully saturated rings. The first-order valence-corrected chi connectivity index (χ1v) is 27.4. The Morgan fingerprint density at radius 2 is 0.887 bits per heavy atom. The van der Waals surface area contributed by atoms with Gasteiger partial charge in [-0.05, 0) is 148 Å². The average Bonchev–Trinajstić information content (AvgIpc) is 3.41. The van der Waals surface area contributed by atoms with E-state index in [4.69, 9.17) is 0 Å². The molecule has 0 amide bonds. The first kappa shape index (κ1) is 59.3. The van der Waals surface area contributed by atoms with Crippen molar-refractivity contribution in [2.75, 3.05) is 0 Å². The predicted octanol–water partition coefficient (Wildman–Crippen LogP) is 22.5. The molecule has 5 aromatic carbocycles. The van der Waals surface area contributed by atoms with E-state index in [-0.39, 0.29) is 0 Å². The van der Waals surface area contributed by atoms with E-state index in [0.717, 1.165) is 19.3 Å². The Labute approximate surface area is 434 Å². The average molecular weight is 946 g/mol. The van der Waals surface area contributed by atoms with Crippen molar-refractivity contribution in [3.05, 3.63) is 227 Å². The van der Waals surface area contributed by atoms with Gasteiger partial charge in [0.25, 0.3) is 0 Å². The Morgan fingerprint density at radius 1 is 0.423 bits per heavy atom. The molecule has 376 valence electrons. The molecule has 0 spiro atoms. The number of benzene rings is 5. The van der Waals surface area contributed by atoms with Gasteiger partial charge in [-0.1, -0.05) is 289 Å². The maximum Gasteiger partial charge on any atom is -0.00264 e. The standard InChI is InChI=1S/C67H80.2C2H6/c1-13-27-51(8)37-41-59(57-30-21-18-22-31-57)47-55(12)53(10)39-43-61(45-50(7)16-4)67-64-34-25-23-32-62(64)66(63-33-24-26-35-65(63)67)60(44-49(6)15-3)42-38-52(9)54(11)46-58(40-36-48(5)14-2)56-28-19-17-20-29-56;2*1-2/h17-26,28-47,50-51,53,55H,13-16,27H2,1-12H3;2*1-2H3/b41-37-,43-39-,48-36+,49-44-,52-38+,54-46+,58-40+,59-47+,60-42+,61-45+;;. The van der Waals surface area contributed by atoms with Crippen molar-refractivity contribution < 1.29 is 0 Å². The van der Waals surface area contributed by atoms with Crippen molar-refractivity contribution in [2.45, 2.75) is 143 Å². The van der Waals surface area contributed by atoms with Crippen LogP contribution >= 0.6 is 0 Å². The largest absolute Gasteiger partial charge is 0.0811 e. The predicted molar refractivity (Wildman–Crippen MR) is 325 cm³/mol. The highest BCUT2D eigenvalue weighted by Gasteiger charge is 2.19. The second-order valence-electron chi connectivity index (χ2n) is 19.0. The van der Waals surface area contributed by atoms with Crippen molar-refractivity contribution in [3.63, 3.8) is 0 Å². The molecule has 0 aliphatic rings. The molecule has 0 heteroatoms. The lowest BCUT2D eigenvalue weighted by molar-refractivity contribution is 0.559. The quantitative estimate of drug-likeness (QED) is 0.0508. The van der Waals surface area contributed by atoms with Crippen LogP contribution in [0.3, 0.4) is 0 Å². The third-order valence-corrected chi connectivity index (χ3v) is 13.6. The van der Waals surface area contributed by atoms with Crippen molar-refractivity contribution in [1.29, 1.82) is 0 Å². The van der Waals surface area contributed by atoms with Gasteiger partial charge in [0.05, 0.1) is 0 Å². The fourth-order valence-electron chi connectivity index (χ4n) is 8.43. The summed E-state index contributed by atoms with van der Waals surface area (Å²) < 4.78 is 0. The van der Waals surface area contributed by atoms with Crippen LogP contribution < -0.4 is 0 Å². The molecular weight excluding hydrogens is 853 g/mol. The molecule has 0 saturated heterocycles. The monoisotopic (exact) mass is 945 g/mol. The summed E-state index contributed by atoms with van der Waals surface area (Å²) in [6, 6.07) is 39.9. The molecule has 4 unspecified atom stereocenters. The molecular formula is C71H92. The van der Waals surface area contributed by atoms with E-state index in [1.54, 1.807) is 0 Å². The van der Waals surface area contributed by atoms with E-state index >= 15 is 0 Å². The molecule has 0 nitrogen and oxygen atoms in total.